The van der Waals surface area contributed by atoms with Crippen LogP contribution in [0.4, 0.5) is 10.5 Å². The monoisotopic (exact) mass is 302 g/mol. The topological polar surface area (TPSA) is 66.5 Å². The van der Waals surface area contributed by atoms with E-state index in [0.717, 1.165) is 0 Å². The molecule has 1 heterocycles. The summed E-state index contributed by atoms with van der Waals surface area (Å²) in [4.78, 5) is 13.5. The van der Waals surface area contributed by atoms with E-state index < -0.39 is 15.1 Å². The molecule has 0 unspecified atom stereocenters. The maximum Gasteiger partial charge on any atom is 0.321 e. The number of amides is 2. The molecule has 0 saturated carbocycles. The Morgan fingerprint density at radius 3 is 2.68 bits per heavy atom. The van der Waals surface area contributed by atoms with Crippen LogP contribution >= 0.6 is 11.6 Å². The number of nitrogens with one attached hydrogen (secondary N) is 1. The van der Waals surface area contributed by atoms with Crippen molar-refractivity contribution >= 4 is 33.2 Å². The van der Waals surface area contributed by atoms with Crippen LogP contribution in [0.1, 0.15) is 6.42 Å². The minimum Gasteiger partial charge on any atom is -0.323 e. The second-order valence-corrected chi connectivity index (χ2v) is 7.33. The van der Waals surface area contributed by atoms with Gasteiger partial charge in [-0.05, 0) is 18.6 Å². The van der Waals surface area contributed by atoms with Gasteiger partial charge >= 0.3 is 6.03 Å². The standard InChI is InChI=1S/C12H15ClN2O3S/c1-19(17,18)9-6-7-15(8-9)12(16)14-11-5-3-2-4-10(11)13/h2-5,9H,6-8H2,1H3,(H,14,16)/t9-/m0/s1. The lowest BCUT2D eigenvalue weighted by atomic mass is 10.3. The van der Waals surface area contributed by atoms with Crippen molar-refractivity contribution in [2.45, 2.75) is 11.7 Å². The average Bonchev–Trinajstić information content (AvgIpc) is 2.81. The fourth-order valence-corrected chi connectivity index (χ4v) is 3.19. The van der Waals surface area contributed by atoms with Gasteiger partial charge in [0.25, 0.3) is 0 Å². The summed E-state index contributed by atoms with van der Waals surface area (Å²) in [5, 5.41) is 2.67. The summed E-state index contributed by atoms with van der Waals surface area (Å²) >= 11 is 5.95. The van der Waals surface area contributed by atoms with E-state index in [4.69, 9.17) is 11.6 Å². The molecule has 19 heavy (non-hydrogen) atoms. The Morgan fingerprint density at radius 2 is 2.11 bits per heavy atom. The predicted molar refractivity (Wildman–Crippen MR) is 75.3 cm³/mol. The quantitative estimate of drug-likeness (QED) is 0.908. The van der Waals surface area contributed by atoms with Crippen molar-refractivity contribution in [3.63, 3.8) is 0 Å². The van der Waals surface area contributed by atoms with E-state index in [9.17, 15) is 13.2 Å². The molecule has 0 aliphatic carbocycles. The SMILES string of the molecule is CS(=O)(=O)[C@H]1CCN(C(=O)Nc2ccccc2Cl)C1. The molecule has 1 aliphatic rings. The van der Waals surface area contributed by atoms with E-state index in [2.05, 4.69) is 5.32 Å². The number of carbonyl (C=O) groups is 1. The molecular formula is C12H15ClN2O3S. The van der Waals surface area contributed by atoms with Crippen molar-refractivity contribution in [1.82, 2.24) is 4.90 Å². The molecule has 2 amide bonds. The number of urea groups is 1. The first-order valence-corrected chi connectivity index (χ1v) is 8.20. The number of anilines is 1. The molecular weight excluding hydrogens is 288 g/mol. The molecule has 1 N–H and O–H groups in total. The molecule has 1 aromatic carbocycles. The average molecular weight is 303 g/mol. The van der Waals surface area contributed by atoms with Gasteiger partial charge in [-0.3, -0.25) is 0 Å². The number of hydrogen-bond acceptors (Lipinski definition) is 3. The van der Waals surface area contributed by atoms with E-state index in [-0.39, 0.29) is 12.6 Å². The number of benzene rings is 1. The largest absolute Gasteiger partial charge is 0.323 e. The van der Waals surface area contributed by atoms with Crippen LogP contribution in [0.25, 0.3) is 0 Å². The minimum atomic E-state index is -3.10. The number of para-hydroxylation sites is 1. The Morgan fingerprint density at radius 1 is 1.42 bits per heavy atom. The van der Waals surface area contributed by atoms with Gasteiger partial charge in [0, 0.05) is 19.3 Å². The summed E-state index contributed by atoms with van der Waals surface area (Å²) in [6.45, 7) is 0.670. The molecule has 1 fully saturated rings. The van der Waals surface area contributed by atoms with Gasteiger partial charge in [0.1, 0.15) is 0 Å². The van der Waals surface area contributed by atoms with Gasteiger partial charge in [0.2, 0.25) is 0 Å². The van der Waals surface area contributed by atoms with Gasteiger partial charge in [0.05, 0.1) is 16.0 Å². The van der Waals surface area contributed by atoms with E-state index in [1.165, 1.54) is 11.2 Å². The number of carbonyl (C=O) groups excluding carboxylic acids is 1. The molecule has 1 atom stereocenters. The van der Waals surface area contributed by atoms with E-state index >= 15 is 0 Å². The van der Waals surface area contributed by atoms with Crippen LogP contribution in [0.3, 0.4) is 0 Å². The first-order chi connectivity index (χ1) is 8.88. The molecule has 0 spiro atoms. The van der Waals surface area contributed by atoms with Crippen molar-refractivity contribution in [2.24, 2.45) is 0 Å². The van der Waals surface area contributed by atoms with Crippen LogP contribution in [0.15, 0.2) is 24.3 Å². The third-order valence-electron chi connectivity index (χ3n) is 3.15. The van der Waals surface area contributed by atoms with Gasteiger partial charge in [-0.25, -0.2) is 13.2 Å². The molecule has 1 saturated heterocycles. The van der Waals surface area contributed by atoms with Gasteiger partial charge < -0.3 is 10.2 Å². The lowest BCUT2D eigenvalue weighted by Crippen LogP contribution is -2.34. The lowest BCUT2D eigenvalue weighted by molar-refractivity contribution is 0.222. The third-order valence-corrected chi connectivity index (χ3v) is 5.08. The normalized spacial score (nSPS) is 19.5. The molecule has 0 aromatic heterocycles. The van der Waals surface area contributed by atoms with Crippen molar-refractivity contribution in [3.8, 4) is 0 Å². The van der Waals surface area contributed by atoms with Crippen molar-refractivity contribution in [3.05, 3.63) is 29.3 Å². The third kappa shape index (κ3) is 3.39. The fourth-order valence-electron chi connectivity index (χ4n) is 2.02. The Kier molecular flexibility index (Phi) is 4.01. The maximum atomic E-state index is 12.0. The second kappa shape index (κ2) is 5.38. The molecule has 1 aliphatic heterocycles. The molecule has 0 radical (unpaired) electrons. The van der Waals surface area contributed by atoms with Gasteiger partial charge in [-0.15, -0.1) is 0 Å². The minimum absolute atomic E-state index is 0.231. The summed E-state index contributed by atoms with van der Waals surface area (Å²) in [5.41, 5.74) is 0.525. The van der Waals surface area contributed by atoms with Crippen LogP contribution in [-0.2, 0) is 9.84 Å². The number of nitrogens with zero attached hydrogens (tertiary/aromatic N) is 1. The number of halogens is 1. The summed E-state index contributed by atoms with van der Waals surface area (Å²) in [6.07, 6.45) is 1.68. The van der Waals surface area contributed by atoms with Gasteiger partial charge in [-0.1, -0.05) is 23.7 Å². The fraction of sp³-hybridized carbons (Fsp3) is 0.417. The van der Waals surface area contributed by atoms with E-state index in [1.54, 1.807) is 24.3 Å². The summed E-state index contributed by atoms with van der Waals surface area (Å²) in [7, 11) is -3.10. The molecule has 104 valence electrons. The van der Waals surface area contributed by atoms with Crippen molar-refractivity contribution in [1.29, 1.82) is 0 Å². The van der Waals surface area contributed by atoms with Crippen LogP contribution < -0.4 is 5.32 Å². The molecule has 7 heteroatoms. The predicted octanol–water partition coefficient (Wildman–Crippen LogP) is 1.99. The van der Waals surface area contributed by atoms with Crippen LogP contribution in [0.2, 0.25) is 5.02 Å². The Hall–Kier alpha value is -1.27. The highest BCUT2D eigenvalue weighted by Crippen LogP contribution is 2.22. The summed E-state index contributed by atoms with van der Waals surface area (Å²) in [5.74, 6) is 0. The zero-order valence-corrected chi connectivity index (χ0v) is 12.0. The summed E-state index contributed by atoms with van der Waals surface area (Å²) < 4.78 is 22.9. The van der Waals surface area contributed by atoms with E-state index in [1.807, 2.05) is 0 Å². The first kappa shape index (κ1) is 14.1. The number of hydrogen-bond donors (Lipinski definition) is 1. The Balaban J connectivity index is 2.01. The smallest absolute Gasteiger partial charge is 0.321 e. The Labute approximate surface area is 117 Å². The molecule has 1 aromatic rings. The molecule has 5 nitrogen and oxygen atoms in total. The molecule has 0 bridgehead atoms. The summed E-state index contributed by atoms with van der Waals surface area (Å²) in [6, 6.07) is 6.60. The van der Waals surface area contributed by atoms with Gasteiger partial charge in [-0.2, -0.15) is 0 Å². The molecule has 2 rings (SSSR count). The Bertz CT molecular complexity index is 588. The zero-order valence-electron chi connectivity index (χ0n) is 10.5. The number of sulfone groups is 1. The van der Waals surface area contributed by atoms with Gasteiger partial charge in [0.15, 0.2) is 9.84 Å². The highest BCUT2D eigenvalue weighted by atomic mass is 35.5. The van der Waals surface area contributed by atoms with Crippen LogP contribution in [0.5, 0.6) is 0 Å². The highest BCUT2D eigenvalue weighted by molar-refractivity contribution is 7.91. The van der Waals surface area contributed by atoms with Crippen molar-refractivity contribution < 1.29 is 13.2 Å². The number of rotatable bonds is 2. The number of likely N-dealkylation sites (tertiary alicyclic amines) is 1. The van der Waals surface area contributed by atoms with Crippen LogP contribution in [0, 0.1) is 0 Å². The van der Waals surface area contributed by atoms with E-state index in [0.29, 0.717) is 23.7 Å². The first-order valence-electron chi connectivity index (χ1n) is 5.87. The maximum absolute atomic E-state index is 12.0. The lowest BCUT2D eigenvalue weighted by Gasteiger charge is -2.17. The second-order valence-electron chi connectivity index (χ2n) is 4.60. The van der Waals surface area contributed by atoms with Crippen LogP contribution in [-0.4, -0.2) is 43.9 Å². The zero-order chi connectivity index (χ0) is 14.0. The van der Waals surface area contributed by atoms with Crippen molar-refractivity contribution in [2.75, 3.05) is 24.7 Å². The highest BCUT2D eigenvalue weighted by Gasteiger charge is 2.32.